The van der Waals surface area contributed by atoms with Crippen LogP contribution in [0.3, 0.4) is 0 Å². The molecule has 0 unspecified atom stereocenters. The molecule has 6 heteroatoms. The van der Waals surface area contributed by atoms with Gasteiger partial charge in [-0.1, -0.05) is 6.07 Å². The van der Waals surface area contributed by atoms with E-state index in [0.717, 1.165) is 12.1 Å². The lowest BCUT2D eigenvalue weighted by molar-refractivity contribution is -0.114. The Morgan fingerprint density at radius 2 is 1.75 bits per heavy atom. The Bertz CT molecular complexity index is 632. The molecule has 2 rings (SSSR count). The molecule has 0 aromatic heterocycles. The third-order valence-corrected chi connectivity index (χ3v) is 2.48. The number of rotatable bonds is 4. The van der Waals surface area contributed by atoms with E-state index in [2.05, 4.69) is 10.6 Å². The molecule has 0 heterocycles. The van der Waals surface area contributed by atoms with E-state index in [1.807, 2.05) is 0 Å². The molecule has 20 heavy (non-hydrogen) atoms. The second kappa shape index (κ2) is 6.10. The van der Waals surface area contributed by atoms with Crippen LogP contribution in [0.25, 0.3) is 0 Å². The van der Waals surface area contributed by atoms with Gasteiger partial charge in [0.2, 0.25) is 5.91 Å². The Hall–Kier alpha value is -2.50. The first-order valence-electron chi connectivity index (χ1n) is 5.79. The fourth-order valence-corrected chi connectivity index (χ4v) is 1.56. The van der Waals surface area contributed by atoms with Crippen molar-refractivity contribution in [3.63, 3.8) is 0 Å². The van der Waals surface area contributed by atoms with Gasteiger partial charge in [0.25, 0.3) is 0 Å². The van der Waals surface area contributed by atoms with Crippen molar-refractivity contribution >= 4 is 17.3 Å². The number of anilines is 2. The van der Waals surface area contributed by atoms with Gasteiger partial charge in [0.15, 0.2) is 11.6 Å². The summed E-state index contributed by atoms with van der Waals surface area (Å²) in [6.07, 6.45) is 0. The topological polar surface area (TPSA) is 41.1 Å². The van der Waals surface area contributed by atoms with Crippen molar-refractivity contribution in [2.75, 3.05) is 17.2 Å². The summed E-state index contributed by atoms with van der Waals surface area (Å²) in [6, 6.07) is 8.69. The van der Waals surface area contributed by atoms with Gasteiger partial charge in [0.1, 0.15) is 5.82 Å². The van der Waals surface area contributed by atoms with Gasteiger partial charge in [0.05, 0.1) is 6.54 Å². The van der Waals surface area contributed by atoms with Crippen molar-refractivity contribution in [2.24, 2.45) is 0 Å². The first-order valence-corrected chi connectivity index (χ1v) is 5.79. The highest BCUT2D eigenvalue weighted by molar-refractivity contribution is 5.93. The second-order valence-corrected chi connectivity index (χ2v) is 4.04. The molecule has 2 N–H and O–H groups in total. The first-order chi connectivity index (χ1) is 9.54. The molecule has 0 bridgehead atoms. The number of nitrogens with one attached hydrogen (secondary N) is 2. The van der Waals surface area contributed by atoms with E-state index in [-0.39, 0.29) is 12.2 Å². The summed E-state index contributed by atoms with van der Waals surface area (Å²) >= 11 is 0. The van der Waals surface area contributed by atoms with Gasteiger partial charge in [-0.15, -0.1) is 0 Å². The van der Waals surface area contributed by atoms with Gasteiger partial charge in [-0.2, -0.15) is 0 Å². The van der Waals surface area contributed by atoms with Gasteiger partial charge in [-0.3, -0.25) is 4.79 Å². The summed E-state index contributed by atoms with van der Waals surface area (Å²) in [4.78, 5) is 11.6. The molecule has 0 saturated carbocycles. The van der Waals surface area contributed by atoms with Crippen LogP contribution in [-0.2, 0) is 4.79 Å². The summed E-state index contributed by atoms with van der Waals surface area (Å²) in [5, 5.41) is 5.10. The molecule has 104 valence electrons. The zero-order valence-corrected chi connectivity index (χ0v) is 10.3. The van der Waals surface area contributed by atoms with Crippen molar-refractivity contribution in [3.8, 4) is 0 Å². The summed E-state index contributed by atoms with van der Waals surface area (Å²) in [6.45, 7) is -0.123. The maximum absolute atomic E-state index is 12.9. The molecular weight excluding hydrogens is 269 g/mol. The lowest BCUT2D eigenvalue weighted by Gasteiger charge is -2.08. The molecule has 0 atom stereocenters. The average Bonchev–Trinajstić information content (AvgIpc) is 2.41. The third-order valence-electron chi connectivity index (χ3n) is 2.48. The van der Waals surface area contributed by atoms with E-state index < -0.39 is 23.4 Å². The number of halogens is 3. The monoisotopic (exact) mass is 280 g/mol. The molecular formula is C14H11F3N2O. The van der Waals surface area contributed by atoms with Crippen LogP contribution in [-0.4, -0.2) is 12.5 Å². The largest absolute Gasteiger partial charge is 0.376 e. The van der Waals surface area contributed by atoms with E-state index in [9.17, 15) is 18.0 Å². The number of benzene rings is 2. The molecule has 0 aliphatic carbocycles. The number of hydrogen-bond donors (Lipinski definition) is 2. The van der Waals surface area contributed by atoms with Crippen molar-refractivity contribution in [1.29, 1.82) is 0 Å². The molecule has 0 saturated heterocycles. The molecule has 2 aromatic carbocycles. The van der Waals surface area contributed by atoms with Crippen molar-refractivity contribution in [3.05, 3.63) is 59.9 Å². The van der Waals surface area contributed by atoms with Crippen molar-refractivity contribution in [1.82, 2.24) is 0 Å². The minimum absolute atomic E-state index is 0.123. The molecule has 0 aliphatic heterocycles. The average molecular weight is 280 g/mol. The molecule has 0 fully saturated rings. The Labute approximate surface area is 113 Å². The first kappa shape index (κ1) is 13.9. The van der Waals surface area contributed by atoms with Gasteiger partial charge in [-0.05, 0) is 30.3 Å². The van der Waals surface area contributed by atoms with Crippen molar-refractivity contribution in [2.45, 2.75) is 0 Å². The zero-order valence-electron chi connectivity index (χ0n) is 10.3. The molecule has 3 nitrogen and oxygen atoms in total. The van der Waals surface area contributed by atoms with Gasteiger partial charge < -0.3 is 10.6 Å². The number of carbonyl (C=O) groups is 1. The number of carbonyl (C=O) groups excluding carboxylic acids is 1. The van der Waals surface area contributed by atoms with Gasteiger partial charge in [-0.25, -0.2) is 13.2 Å². The highest BCUT2D eigenvalue weighted by Gasteiger charge is 2.06. The van der Waals surface area contributed by atoms with Crippen LogP contribution in [0.15, 0.2) is 42.5 Å². The SMILES string of the molecule is O=C(CNc1cccc(F)c1)Nc1ccc(F)c(F)c1. The van der Waals surface area contributed by atoms with E-state index in [0.29, 0.717) is 5.69 Å². The van der Waals surface area contributed by atoms with E-state index in [4.69, 9.17) is 0 Å². The van der Waals surface area contributed by atoms with Crippen LogP contribution in [0.1, 0.15) is 0 Å². The Kier molecular flexibility index (Phi) is 4.24. The van der Waals surface area contributed by atoms with Crippen molar-refractivity contribution < 1.29 is 18.0 Å². The zero-order chi connectivity index (χ0) is 14.5. The van der Waals surface area contributed by atoms with Gasteiger partial charge in [0, 0.05) is 17.4 Å². The number of amides is 1. The van der Waals surface area contributed by atoms with E-state index in [1.165, 1.54) is 24.3 Å². The predicted molar refractivity (Wildman–Crippen MR) is 69.9 cm³/mol. The lowest BCUT2D eigenvalue weighted by Crippen LogP contribution is -2.21. The maximum Gasteiger partial charge on any atom is 0.243 e. The highest BCUT2D eigenvalue weighted by Crippen LogP contribution is 2.13. The minimum Gasteiger partial charge on any atom is -0.376 e. The quantitative estimate of drug-likeness (QED) is 0.903. The summed E-state index contributed by atoms with van der Waals surface area (Å²) in [5.41, 5.74) is 0.598. The van der Waals surface area contributed by atoms with E-state index >= 15 is 0 Å². The molecule has 0 radical (unpaired) electrons. The van der Waals surface area contributed by atoms with Crippen LogP contribution in [0.2, 0.25) is 0 Å². The lowest BCUT2D eigenvalue weighted by atomic mass is 10.3. The summed E-state index contributed by atoms with van der Waals surface area (Å²) in [7, 11) is 0. The predicted octanol–water partition coefficient (Wildman–Crippen LogP) is 3.15. The number of hydrogen-bond acceptors (Lipinski definition) is 2. The molecule has 2 aromatic rings. The van der Waals surface area contributed by atoms with E-state index in [1.54, 1.807) is 6.07 Å². The standard InChI is InChI=1S/C14H11F3N2O/c15-9-2-1-3-10(6-9)18-8-14(20)19-11-4-5-12(16)13(17)7-11/h1-7,18H,8H2,(H,19,20). The minimum atomic E-state index is -1.04. The Balaban J connectivity index is 1.91. The fourth-order valence-electron chi connectivity index (χ4n) is 1.56. The molecule has 0 spiro atoms. The smallest absolute Gasteiger partial charge is 0.243 e. The summed E-state index contributed by atoms with van der Waals surface area (Å²) < 4.78 is 38.6. The fraction of sp³-hybridized carbons (Fsp3) is 0.0714. The molecule has 0 aliphatic rings. The van der Waals surface area contributed by atoms with Crippen LogP contribution < -0.4 is 10.6 Å². The van der Waals surface area contributed by atoms with Crippen LogP contribution in [0.5, 0.6) is 0 Å². The van der Waals surface area contributed by atoms with Crippen LogP contribution >= 0.6 is 0 Å². The van der Waals surface area contributed by atoms with Crippen LogP contribution in [0, 0.1) is 17.5 Å². The second-order valence-electron chi connectivity index (χ2n) is 4.04. The Morgan fingerprint density at radius 3 is 2.45 bits per heavy atom. The maximum atomic E-state index is 12.9. The third kappa shape index (κ3) is 3.74. The summed E-state index contributed by atoms with van der Waals surface area (Å²) in [5.74, 6) is -2.90. The highest BCUT2D eigenvalue weighted by atomic mass is 19.2. The normalized spacial score (nSPS) is 10.2. The van der Waals surface area contributed by atoms with Gasteiger partial charge >= 0.3 is 0 Å². The molecule has 1 amide bonds. The Morgan fingerprint density at radius 1 is 0.950 bits per heavy atom. The van der Waals surface area contributed by atoms with Crippen LogP contribution in [0.4, 0.5) is 24.5 Å².